The number of rotatable bonds is 4. The Balaban J connectivity index is 2.15. The van der Waals surface area contributed by atoms with Gasteiger partial charge >= 0.3 is 6.61 Å². The summed E-state index contributed by atoms with van der Waals surface area (Å²) < 4.78 is 41.6. The molecule has 1 saturated heterocycles. The third-order valence-electron chi connectivity index (χ3n) is 2.12. The molecule has 106 valence electrons. The number of halogens is 3. The molecule has 1 amide bonds. The van der Waals surface area contributed by atoms with Gasteiger partial charge in [-0.25, -0.2) is 4.39 Å². The van der Waals surface area contributed by atoms with E-state index in [0.29, 0.717) is 5.17 Å². The summed E-state index contributed by atoms with van der Waals surface area (Å²) in [4.78, 5) is 10.9. The smallest absolute Gasteiger partial charge is 0.387 e. The van der Waals surface area contributed by atoms with E-state index in [1.165, 1.54) is 0 Å². The van der Waals surface area contributed by atoms with Crippen molar-refractivity contribution >= 4 is 29.1 Å². The lowest BCUT2D eigenvalue weighted by atomic mass is 10.2. The van der Waals surface area contributed by atoms with Crippen molar-refractivity contribution in [1.29, 1.82) is 0 Å². The summed E-state index contributed by atoms with van der Waals surface area (Å²) in [5, 5.41) is 10.00. The molecule has 1 aliphatic rings. The van der Waals surface area contributed by atoms with E-state index in [4.69, 9.17) is 0 Å². The molecule has 9 heteroatoms. The second-order valence-corrected chi connectivity index (χ2v) is 4.51. The molecule has 0 radical (unpaired) electrons. The zero-order valence-electron chi connectivity index (χ0n) is 9.85. The molecule has 0 unspecified atom stereocenters. The SMILES string of the molecule is O=C1CSC(=NN=Cc2cc(F)ccc2OC(F)F)N1. The van der Waals surface area contributed by atoms with Crippen LogP contribution in [-0.4, -0.2) is 29.7 Å². The first kappa shape index (κ1) is 14.4. The van der Waals surface area contributed by atoms with E-state index in [2.05, 4.69) is 20.3 Å². The molecule has 20 heavy (non-hydrogen) atoms. The summed E-state index contributed by atoms with van der Waals surface area (Å²) in [6, 6.07) is 3.05. The van der Waals surface area contributed by atoms with Gasteiger partial charge in [-0.3, -0.25) is 4.79 Å². The van der Waals surface area contributed by atoms with Gasteiger partial charge in [-0.1, -0.05) is 11.8 Å². The summed E-state index contributed by atoms with van der Waals surface area (Å²) in [6.07, 6.45) is 1.07. The van der Waals surface area contributed by atoms with Crippen LogP contribution in [0.4, 0.5) is 13.2 Å². The highest BCUT2D eigenvalue weighted by molar-refractivity contribution is 8.15. The van der Waals surface area contributed by atoms with Crippen molar-refractivity contribution in [3.8, 4) is 5.75 Å². The fraction of sp³-hybridized carbons (Fsp3) is 0.182. The number of thioether (sulfide) groups is 1. The number of carbonyl (C=O) groups is 1. The summed E-state index contributed by atoms with van der Waals surface area (Å²) in [7, 11) is 0. The van der Waals surface area contributed by atoms with Gasteiger partial charge < -0.3 is 10.1 Å². The van der Waals surface area contributed by atoms with Crippen LogP contribution >= 0.6 is 11.8 Å². The molecule has 1 fully saturated rings. The number of hydrogen-bond acceptors (Lipinski definition) is 5. The average molecular weight is 303 g/mol. The van der Waals surface area contributed by atoms with Crippen molar-refractivity contribution in [3.05, 3.63) is 29.6 Å². The molecule has 0 aromatic heterocycles. The van der Waals surface area contributed by atoms with Gasteiger partial charge in [0, 0.05) is 5.56 Å². The van der Waals surface area contributed by atoms with Gasteiger partial charge in [-0.2, -0.15) is 13.9 Å². The first-order valence-electron chi connectivity index (χ1n) is 5.32. The maximum Gasteiger partial charge on any atom is 0.387 e. The second-order valence-electron chi connectivity index (χ2n) is 3.55. The molecule has 0 saturated carbocycles. The van der Waals surface area contributed by atoms with Crippen LogP contribution in [0.1, 0.15) is 5.56 Å². The fourth-order valence-electron chi connectivity index (χ4n) is 1.35. The minimum absolute atomic E-state index is 0.0176. The lowest BCUT2D eigenvalue weighted by Gasteiger charge is -2.06. The number of ether oxygens (including phenoxy) is 1. The standard InChI is InChI=1S/C11H8F3N3O2S/c12-7-1-2-8(19-10(13)14)6(3-7)4-15-17-11-16-9(18)5-20-11/h1-4,10H,5H2,(H,16,17,18). The highest BCUT2D eigenvalue weighted by atomic mass is 32.2. The molecule has 0 spiro atoms. The molecule has 1 aromatic carbocycles. The Labute approximate surface area is 115 Å². The summed E-state index contributed by atoms with van der Waals surface area (Å²) >= 11 is 1.15. The maximum atomic E-state index is 13.1. The van der Waals surface area contributed by atoms with Crippen molar-refractivity contribution in [3.63, 3.8) is 0 Å². The Morgan fingerprint density at radius 3 is 2.90 bits per heavy atom. The molecule has 0 aliphatic carbocycles. The normalized spacial score (nSPS) is 17.2. The highest BCUT2D eigenvalue weighted by Gasteiger charge is 2.16. The Bertz CT molecular complexity index is 578. The summed E-state index contributed by atoms with van der Waals surface area (Å²) in [5.74, 6) is -0.789. The predicted molar refractivity (Wildman–Crippen MR) is 68.7 cm³/mol. The molecule has 0 atom stereocenters. The third-order valence-corrected chi connectivity index (χ3v) is 2.98. The number of nitrogens with zero attached hydrogens (tertiary/aromatic N) is 2. The molecule has 1 aliphatic heterocycles. The Morgan fingerprint density at radius 2 is 2.25 bits per heavy atom. The maximum absolute atomic E-state index is 13.1. The van der Waals surface area contributed by atoms with Crippen molar-refractivity contribution in [2.24, 2.45) is 10.2 Å². The first-order chi connectivity index (χ1) is 9.54. The van der Waals surface area contributed by atoms with E-state index in [1.807, 2.05) is 0 Å². The van der Waals surface area contributed by atoms with Gasteiger partial charge in [-0.05, 0) is 18.2 Å². The van der Waals surface area contributed by atoms with Crippen LogP contribution in [0.15, 0.2) is 28.4 Å². The second kappa shape index (κ2) is 6.42. The quantitative estimate of drug-likeness (QED) is 0.683. The van der Waals surface area contributed by atoms with Crippen LogP contribution in [0.5, 0.6) is 5.75 Å². The molecule has 1 heterocycles. The van der Waals surface area contributed by atoms with E-state index in [-0.39, 0.29) is 23.0 Å². The van der Waals surface area contributed by atoms with E-state index < -0.39 is 12.4 Å². The van der Waals surface area contributed by atoms with E-state index in [0.717, 1.165) is 36.2 Å². The van der Waals surface area contributed by atoms with E-state index in [1.54, 1.807) is 0 Å². The van der Waals surface area contributed by atoms with Crippen molar-refractivity contribution < 1.29 is 22.7 Å². The molecular formula is C11H8F3N3O2S. The monoisotopic (exact) mass is 303 g/mol. The van der Waals surface area contributed by atoms with Crippen LogP contribution in [-0.2, 0) is 4.79 Å². The Kier molecular flexibility index (Phi) is 4.61. The number of amidine groups is 1. The van der Waals surface area contributed by atoms with Gasteiger partial charge in [0.25, 0.3) is 0 Å². The van der Waals surface area contributed by atoms with E-state index in [9.17, 15) is 18.0 Å². The molecule has 2 rings (SSSR count). The number of hydrogen-bond donors (Lipinski definition) is 1. The zero-order chi connectivity index (χ0) is 14.5. The Morgan fingerprint density at radius 1 is 1.45 bits per heavy atom. The fourth-order valence-corrected chi connectivity index (χ4v) is 1.98. The van der Waals surface area contributed by atoms with Crippen LogP contribution in [0.25, 0.3) is 0 Å². The Hall–Kier alpha value is -2.03. The lowest BCUT2D eigenvalue weighted by molar-refractivity contribution is -0.116. The van der Waals surface area contributed by atoms with Crippen molar-refractivity contribution in [2.45, 2.75) is 6.61 Å². The van der Waals surface area contributed by atoms with Gasteiger partial charge in [0.1, 0.15) is 11.6 Å². The van der Waals surface area contributed by atoms with Gasteiger partial charge in [0.15, 0.2) is 5.17 Å². The first-order valence-corrected chi connectivity index (χ1v) is 6.31. The average Bonchev–Trinajstić information content (AvgIpc) is 2.78. The number of alkyl halides is 2. The molecular weight excluding hydrogens is 295 g/mol. The lowest BCUT2D eigenvalue weighted by Crippen LogP contribution is -2.19. The molecule has 1 N–H and O–H groups in total. The van der Waals surface area contributed by atoms with Crippen LogP contribution in [0.3, 0.4) is 0 Å². The minimum Gasteiger partial charge on any atom is -0.434 e. The molecule has 1 aromatic rings. The topological polar surface area (TPSA) is 63.0 Å². The zero-order valence-corrected chi connectivity index (χ0v) is 10.7. The predicted octanol–water partition coefficient (Wildman–Crippen LogP) is 1.98. The number of nitrogens with one attached hydrogen (secondary N) is 1. The summed E-state index contributed by atoms with van der Waals surface area (Å²) in [5.41, 5.74) is 0.0176. The molecule has 0 bridgehead atoms. The van der Waals surface area contributed by atoms with Crippen LogP contribution in [0, 0.1) is 5.82 Å². The minimum atomic E-state index is -3.02. The largest absolute Gasteiger partial charge is 0.434 e. The van der Waals surface area contributed by atoms with Gasteiger partial charge in [0.05, 0.1) is 12.0 Å². The van der Waals surface area contributed by atoms with Crippen LogP contribution in [0.2, 0.25) is 0 Å². The van der Waals surface area contributed by atoms with Crippen LogP contribution < -0.4 is 10.1 Å². The number of carbonyl (C=O) groups excluding carboxylic acids is 1. The summed E-state index contributed by atoms with van der Waals surface area (Å²) in [6.45, 7) is -3.02. The number of amides is 1. The highest BCUT2D eigenvalue weighted by Crippen LogP contribution is 2.20. The third kappa shape index (κ3) is 3.98. The van der Waals surface area contributed by atoms with Gasteiger partial charge in [0.2, 0.25) is 5.91 Å². The van der Waals surface area contributed by atoms with E-state index >= 15 is 0 Å². The van der Waals surface area contributed by atoms with Gasteiger partial charge in [-0.15, -0.1) is 5.10 Å². The molecule has 5 nitrogen and oxygen atoms in total. The van der Waals surface area contributed by atoms with Crippen molar-refractivity contribution in [1.82, 2.24) is 5.32 Å². The van der Waals surface area contributed by atoms with Crippen molar-refractivity contribution in [2.75, 3.05) is 5.75 Å². The number of benzene rings is 1.